The highest BCUT2D eigenvalue weighted by atomic mass is 16.5. The first-order chi connectivity index (χ1) is 8.22. The van der Waals surface area contributed by atoms with Crippen molar-refractivity contribution in [2.75, 3.05) is 7.11 Å². The smallest absolute Gasteiger partial charge is 0.414 e. The van der Waals surface area contributed by atoms with Crippen molar-refractivity contribution in [1.82, 2.24) is 4.90 Å². The van der Waals surface area contributed by atoms with Crippen molar-refractivity contribution in [3.05, 3.63) is 47.7 Å². The van der Waals surface area contributed by atoms with E-state index in [2.05, 4.69) is 31.2 Å². The van der Waals surface area contributed by atoms with Crippen molar-refractivity contribution in [3.8, 4) is 0 Å². The van der Waals surface area contributed by atoms with Crippen LogP contribution in [0.5, 0.6) is 0 Å². The van der Waals surface area contributed by atoms with Crippen LogP contribution < -0.4 is 0 Å². The molecule has 0 aromatic heterocycles. The van der Waals surface area contributed by atoms with E-state index >= 15 is 0 Å². The van der Waals surface area contributed by atoms with Crippen molar-refractivity contribution in [3.63, 3.8) is 0 Å². The molecule has 0 radical (unpaired) electrons. The maximum absolute atomic E-state index is 11.7. The van der Waals surface area contributed by atoms with E-state index in [1.54, 1.807) is 4.90 Å². The van der Waals surface area contributed by atoms with E-state index in [1.165, 1.54) is 12.7 Å². The van der Waals surface area contributed by atoms with Gasteiger partial charge in [0.2, 0.25) is 0 Å². The van der Waals surface area contributed by atoms with E-state index in [1.807, 2.05) is 12.3 Å². The fourth-order valence-corrected chi connectivity index (χ4v) is 2.09. The summed E-state index contributed by atoms with van der Waals surface area (Å²) in [5.41, 5.74) is 2.38. The highest BCUT2D eigenvalue weighted by molar-refractivity contribution is 5.69. The minimum atomic E-state index is -0.300. The van der Waals surface area contributed by atoms with Crippen LogP contribution in [0.4, 0.5) is 4.79 Å². The summed E-state index contributed by atoms with van der Waals surface area (Å²) in [6.07, 6.45) is 5.45. The van der Waals surface area contributed by atoms with Gasteiger partial charge in [0.05, 0.1) is 13.2 Å². The van der Waals surface area contributed by atoms with E-state index in [-0.39, 0.29) is 12.1 Å². The van der Waals surface area contributed by atoms with Gasteiger partial charge in [-0.2, -0.15) is 0 Å². The third-order valence-corrected chi connectivity index (χ3v) is 3.06. The molecule has 1 atom stereocenters. The summed E-state index contributed by atoms with van der Waals surface area (Å²) in [6.45, 7) is 2.06. The number of carbonyl (C=O) groups excluding carboxylic acids is 1. The number of amides is 1. The summed E-state index contributed by atoms with van der Waals surface area (Å²) in [5, 5.41) is 0. The summed E-state index contributed by atoms with van der Waals surface area (Å²) in [5.74, 6) is 0. The molecule has 1 amide bonds. The van der Waals surface area contributed by atoms with Crippen LogP contribution in [-0.4, -0.2) is 18.1 Å². The zero-order valence-electron chi connectivity index (χ0n) is 10.2. The van der Waals surface area contributed by atoms with Gasteiger partial charge in [0, 0.05) is 6.20 Å². The van der Waals surface area contributed by atoms with Gasteiger partial charge in [-0.05, 0) is 25.3 Å². The monoisotopic (exact) mass is 231 g/mol. The normalized spacial score (nSPS) is 19.2. The lowest BCUT2D eigenvalue weighted by Gasteiger charge is -2.30. The molecule has 0 fully saturated rings. The Morgan fingerprint density at radius 2 is 2.06 bits per heavy atom. The molecular formula is C14H17NO2. The number of hydrogen-bond donors (Lipinski definition) is 0. The molecule has 3 nitrogen and oxygen atoms in total. The summed E-state index contributed by atoms with van der Waals surface area (Å²) in [7, 11) is 1.41. The second-order valence-corrected chi connectivity index (χ2v) is 4.27. The minimum Gasteiger partial charge on any atom is -0.452 e. The van der Waals surface area contributed by atoms with Gasteiger partial charge in [0.15, 0.2) is 0 Å². The lowest BCUT2D eigenvalue weighted by Crippen LogP contribution is -2.31. The molecule has 1 aliphatic heterocycles. The van der Waals surface area contributed by atoms with Gasteiger partial charge in [0.1, 0.15) is 0 Å². The number of rotatable bonds is 1. The average Bonchev–Trinajstić information content (AvgIpc) is 2.39. The summed E-state index contributed by atoms with van der Waals surface area (Å²) >= 11 is 0. The molecule has 0 aliphatic carbocycles. The standard InChI is InChI=1S/C14H17NO2/c1-11-6-8-12(9-7-11)13-5-3-4-10-15(13)14(16)17-2/h4,6-10,13H,3,5H2,1-2H3. The number of methoxy groups -OCH3 is 1. The molecule has 0 saturated carbocycles. The maximum Gasteiger partial charge on any atom is 0.414 e. The number of hydrogen-bond acceptors (Lipinski definition) is 2. The van der Waals surface area contributed by atoms with Crippen molar-refractivity contribution in [2.24, 2.45) is 0 Å². The molecule has 1 aliphatic rings. The first kappa shape index (κ1) is 11.7. The quantitative estimate of drug-likeness (QED) is 0.741. The van der Waals surface area contributed by atoms with E-state index in [4.69, 9.17) is 4.74 Å². The second kappa shape index (κ2) is 5.04. The highest BCUT2D eigenvalue weighted by Gasteiger charge is 2.25. The van der Waals surface area contributed by atoms with Crippen molar-refractivity contribution in [2.45, 2.75) is 25.8 Å². The van der Waals surface area contributed by atoms with Gasteiger partial charge in [-0.15, -0.1) is 0 Å². The van der Waals surface area contributed by atoms with E-state index in [0.29, 0.717) is 0 Å². The van der Waals surface area contributed by atoms with Crippen molar-refractivity contribution in [1.29, 1.82) is 0 Å². The first-order valence-electron chi connectivity index (χ1n) is 5.82. The lowest BCUT2D eigenvalue weighted by molar-refractivity contribution is 0.121. The molecule has 1 aromatic carbocycles. The van der Waals surface area contributed by atoms with Crippen LogP contribution >= 0.6 is 0 Å². The zero-order valence-corrected chi connectivity index (χ0v) is 10.2. The van der Waals surface area contributed by atoms with Gasteiger partial charge >= 0.3 is 6.09 Å². The van der Waals surface area contributed by atoms with Crippen LogP contribution in [0, 0.1) is 6.92 Å². The molecular weight excluding hydrogens is 214 g/mol. The Morgan fingerprint density at radius 1 is 1.35 bits per heavy atom. The van der Waals surface area contributed by atoms with Crippen LogP contribution in [-0.2, 0) is 4.74 Å². The van der Waals surface area contributed by atoms with Gasteiger partial charge in [-0.3, -0.25) is 4.90 Å². The molecule has 2 rings (SSSR count). The molecule has 90 valence electrons. The minimum absolute atomic E-state index is 0.0908. The Bertz CT molecular complexity index is 422. The second-order valence-electron chi connectivity index (χ2n) is 4.27. The van der Waals surface area contributed by atoms with E-state index in [0.717, 1.165) is 18.4 Å². The third kappa shape index (κ3) is 2.49. The Balaban J connectivity index is 2.26. The molecule has 0 bridgehead atoms. The van der Waals surface area contributed by atoms with Crippen LogP contribution in [0.15, 0.2) is 36.5 Å². The molecule has 1 unspecified atom stereocenters. The van der Waals surface area contributed by atoms with E-state index in [9.17, 15) is 4.79 Å². The topological polar surface area (TPSA) is 29.5 Å². The molecule has 3 heteroatoms. The first-order valence-corrected chi connectivity index (χ1v) is 5.82. The van der Waals surface area contributed by atoms with Crippen LogP contribution in [0.3, 0.4) is 0 Å². The number of aryl methyl sites for hydroxylation is 1. The van der Waals surface area contributed by atoms with Gasteiger partial charge in [0.25, 0.3) is 0 Å². The fourth-order valence-electron chi connectivity index (χ4n) is 2.09. The van der Waals surface area contributed by atoms with Crippen molar-refractivity contribution < 1.29 is 9.53 Å². The zero-order chi connectivity index (χ0) is 12.3. The largest absolute Gasteiger partial charge is 0.452 e. The Labute approximate surface area is 102 Å². The van der Waals surface area contributed by atoms with Crippen LogP contribution in [0.25, 0.3) is 0 Å². The van der Waals surface area contributed by atoms with E-state index < -0.39 is 0 Å². The number of benzene rings is 1. The maximum atomic E-state index is 11.7. The SMILES string of the molecule is COC(=O)N1C=CCCC1c1ccc(C)cc1. The molecule has 1 aromatic rings. The Hall–Kier alpha value is -1.77. The number of allylic oxidation sites excluding steroid dienone is 1. The summed E-state index contributed by atoms with van der Waals surface area (Å²) < 4.78 is 4.80. The van der Waals surface area contributed by atoms with Crippen molar-refractivity contribution >= 4 is 6.09 Å². The number of ether oxygens (including phenoxy) is 1. The van der Waals surface area contributed by atoms with Gasteiger partial charge < -0.3 is 4.74 Å². The molecule has 0 saturated heterocycles. The molecule has 17 heavy (non-hydrogen) atoms. The van der Waals surface area contributed by atoms with Crippen LogP contribution in [0.1, 0.15) is 30.0 Å². The van der Waals surface area contributed by atoms with Crippen LogP contribution in [0.2, 0.25) is 0 Å². The summed E-state index contributed by atoms with van der Waals surface area (Å²) in [6, 6.07) is 8.39. The summed E-state index contributed by atoms with van der Waals surface area (Å²) in [4.78, 5) is 13.3. The average molecular weight is 231 g/mol. The third-order valence-electron chi connectivity index (χ3n) is 3.06. The fraction of sp³-hybridized carbons (Fsp3) is 0.357. The Morgan fingerprint density at radius 3 is 2.71 bits per heavy atom. The lowest BCUT2D eigenvalue weighted by atomic mass is 9.97. The molecule has 1 heterocycles. The van der Waals surface area contributed by atoms with Gasteiger partial charge in [-0.25, -0.2) is 4.79 Å². The Kier molecular flexibility index (Phi) is 3.47. The van der Waals surface area contributed by atoms with Gasteiger partial charge in [-0.1, -0.05) is 35.9 Å². The highest BCUT2D eigenvalue weighted by Crippen LogP contribution is 2.30. The number of nitrogens with zero attached hydrogens (tertiary/aromatic N) is 1. The number of carbonyl (C=O) groups is 1. The predicted octanol–water partition coefficient (Wildman–Crippen LogP) is 3.41. The predicted molar refractivity (Wildman–Crippen MR) is 66.5 cm³/mol. The molecule has 0 N–H and O–H groups in total. The molecule has 0 spiro atoms.